The normalized spacial score (nSPS) is 14.8. The fourth-order valence-corrected chi connectivity index (χ4v) is 4.47. The van der Waals surface area contributed by atoms with Crippen molar-refractivity contribution in [3.05, 3.63) is 94.6 Å². The molecule has 0 radical (unpaired) electrons. The topological polar surface area (TPSA) is 89.9 Å². The number of barbiturate groups is 1. The van der Waals surface area contributed by atoms with Crippen molar-refractivity contribution in [2.24, 2.45) is 0 Å². The monoisotopic (exact) mass is 529 g/mol. The molecule has 1 aromatic heterocycles. The number of halogens is 1. The van der Waals surface area contributed by atoms with E-state index < -0.39 is 17.8 Å². The highest BCUT2D eigenvalue weighted by Gasteiger charge is 2.37. The van der Waals surface area contributed by atoms with Crippen LogP contribution in [-0.2, 0) is 16.1 Å². The second kappa shape index (κ2) is 10.4. The molecular weight excluding hydrogens is 506 g/mol. The Morgan fingerprint density at radius 1 is 0.974 bits per heavy atom. The summed E-state index contributed by atoms with van der Waals surface area (Å²) < 4.78 is 13.1. The number of rotatable bonds is 7. The summed E-state index contributed by atoms with van der Waals surface area (Å²) >= 11 is 6.22. The van der Waals surface area contributed by atoms with Gasteiger partial charge in [0.2, 0.25) is 0 Å². The maximum absolute atomic E-state index is 13.4. The first-order chi connectivity index (χ1) is 18.4. The van der Waals surface area contributed by atoms with Crippen LogP contribution in [0.15, 0.2) is 78.5 Å². The number of nitrogens with zero attached hydrogens (tertiary/aromatic N) is 2. The van der Waals surface area contributed by atoms with E-state index in [4.69, 9.17) is 21.1 Å². The first kappa shape index (κ1) is 25.1. The van der Waals surface area contributed by atoms with Crippen LogP contribution in [0.3, 0.4) is 0 Å². The Balaban J connectivity index is 1.44. The fraction of sp³-hybridized carbons (Fsp3) is 0.138. The van der Waals surface area contributed by atoms with E-state index in [9.17, 15) is 14.4 Å². The molecule has 0 atom stereocenters. The molecule has 9 heteroatoms. The lowest BCUT2D eigenvalue weighted by atomic mass is 10.1. The molecule has 0 unspecified atom stereocenters. The molecule has 1 aliphatic heterocycles. The van der Waals surface area contributed by atoms with Crippen molar-refractivity contribution in [3.8, 4) is 11.5 Å². The summed E-state index contributed by atoms with van der Waals surface area (Å²) in [6.07, 6.45) is 3.37. The van der Waals surface area contributed by atoms with Gasteiger partial charge < -0.3 is 14.0 Å². The Morgan fingerprint density at radius 3 is 2.55 bits per heavy atom. The number of imide groups is 2. The van der Waals surface area contributed by atoms with Gasteiger partial charge in [-0.15, -0.1) is 0 Å². The number of ether oxygens (including phenoxy) is 2. The predicted molar refractivity (Wildman–Crippen MR) is 146 cm³/mol. The zero-order valence-electron chi connectivity index (χ0n) is 20.7. The van der Waals surface area contributed by atoms with Crippen LogP contribution in [0.25, 0.3) is 17.0 Å². The molecule has 4 amide bonds. The lowest BCUT2D eigenvalue weighted by molar-refractivity contribution is -0.122. The van der Waals surface area contributed by atoms with E-state index >= 15 is 0 Å². The molecule has 3 aromatic carbocycles. The number of anilines is 1. The van der Waals surface area contributed by atoms with E-state index in [0.717, 1.165) is 21.4 Å². The highest BCUT2D eigenvalue weighted by Crippen LogP contribution is 2.29. The van der Waals surface area contributed by atoms with Gasteiger partial charge in [-0.2, -0.15) is 0 Å². The minimum atomic E-state index is -0.825. The molecule has 1 N–H and O–H groups in total. The number of aromatic nitrogens is 1. The maximum atomic E-state index is 13.4. The van der Waals surface area contributed by atoms with E-state index in [1.807, 2.05) is 66.2 Å². The number of benzene rings is 3. The van der Waals surface area contributed by atoms with E-state index in [2.05, 4.69) is 5.32 Å². The van der Waals surface area contributed by atoms with Crippen molar-refractivity contribution < 1.29 is 23.9 Å². The summed E-state index contributed by atoms with van der Waals surface area (Å²) in [6.45, 7) is 2.72. The molecule has 2 heterocycles. The molecule has 192 valence electrons. The second-order valence-electron chi connectivity index (χ2n) is 8.71. The van der Waals surface area contributed by atoms with Gasteiger partial charge in [-0.05, 0) is 48.9 Å². The van der Waals surface area contributed by atoms with Crippen LogP contribution in [0.1, 0.15) is 11.1 Å². The third-order valence-corrected chi connectivity index (χ3v) is 6.68. The summed E-state index contributed by atoms with van der Waals surface area (Å²) in [4.78, 5) is 39.6. The van der Waals surface area contributed by atoms with Gasteiger partial charge in [0.05, 0.1) is 19.3 Å². The van der Waals surface area contributed by atoms with Crippen LogP contribution >= 0.6 is 11.6 Å². The van der Waals surface area contributed by atoms with Crippen LogP contribution in [-0.4, -0.2) is 36.1 Å². The Kier molecular flexibility index (Phi) is 6.89. The zero-order valence-corrected chi connectivity index (χ0v) is 21.5. The predicted octanol–water partition coefficient (Wildman–Crippen LogP) is 5.36. The smallest absolute Gasteiger partial charge is 0.335 e. The van der Waals surface area contributed by atoms with Crippen molar-refractivity contribution in [2.45, 2.75) is 13.5 Å². The van der Waals surface area contributed by atoms with Crippen LogP contribution in [0.4, 0.5) is 10.5 Å². The SMILES string of the molecule is COc1cccc(OCCn2cc(C=C3C(=O)NC(=O)N(c4ccc(C)c(Cl)c4)C3=O)c3ccccc32)c1. The van der Waals surface area contributed by atoms with Crippen LogP contribution < -0.4 is 19.7 Å². The Hall–Kier alpha value is -4.56. The van der Waals surface area contributed by atoms with E-state index in [1.54, 1.807) is 19.2 Å². The molecule has 5 rings (SSSR count). The maximum Gasteiger partial charge on any atom is 0.335 e. The number of carbonyl (C=O) groups excluding carboxylic acids is 3. The van der Waals surface area contributed by atoms with Gasteiger partial charge in [-0.3, -0.25) is 14.9 Å². The van der Waals surface area contributed by atoms with Crippen LogP contribution in [0, 0.1) is 6.92 Å². The number of methoxy groups -OCH3 is 1. The van der Waals surface area contributed by atoms with E-state index in [0.29, 0.717) is 35.2 Å². The molecule has 0 saturated carbocycles. The molecular formula is C29H24ClN3O5. The quantitative estimate of drug-likeness (QED) is 0.257. The highest BCUT2D eigenvalue weighted by atomic mass is 35.5. The first-order valence-electron chi connectivity index (χ1n) is 11.9. The largest absolute Gasteiger partial charge is 0.497 e. The molecule has 1 saturated heterocycles. The molecule has 38 heavy (non-hydrogen) atoms. The van der Waals surface area contributed by atoms with E-state index in [-0.39, 0.29) is 11.3 Å². The van der Waals surface area contributed by atoms with Crippen molar-refractivity contribution in [1.29, 1.82) is 0 Å². The van der Waals surface area contributed by atoms with Gasteiger partial charge >= 0.3 is 6.03 Å². The molecule has 8 nitrogen and oxygen atoms in total. The summed E-state index contributed by atoms with van der Waals surface area (Å²) in [7, 11) is 1.60. The second-order valence-corrected chi connectivity index (χ2v) is 9.12. The number of carbonyl (C=O) groups is 3. The van der Waals surface area contributed by atoms with Gasteiger partial charge in [0.15, 0.2) is 0 Å². The number of amides is 4. The van der Waals surface area contributed by atoms with Crippen LogP contribution in [0.2, 0.25) is 5.02 Å². The number of aryl methyl sites for hydroxylation is 1. The fourth-order valence-electron chi connectivity index (χ4n) is 4.30. The minimum Gasteiger partial charge on any atom is -0.497 e. The third kappa shape index (κ3) is 4.86. The number of fused-ring (bicyclic) bond motifs is 1. The average Bonchev–Trinajstić information content (AvgIpc) is 3.26. The Bertz CT molecular complexity index is 1610. The zero-order chi connectivity index (χ0) is 26.8. The number of para-hydroxylation sites is 1. The standard InChI is InChI=1S/C29H24ClN3O5/c1-18-10-11-20(15-25(18)30)33-28(35)24(27(34)31-29(33)36)14-19-17-32(26-9-4-3-8-23(19)26)12-13-38-22-7-5-6-21(16-22)37-2/h3-11,14-17H,12-13H2,1-2H3,(H,31,34,36). The van der Waals surface area contributed by atoms with Gasteiger partial charge in [-0.1, -0.05) is 41.9 Å². The van der Waals surface area contributed by atoms with Crippen molar-refractivity contribution in [2.75, 3.05) is 18.6 Å². The highest BCUT2D eigenvalue weighted by molar-refractivity contribution is 6.39. The summed E-state index contributed by atoms with van der Waals surface area (Å²) in [5.41, 5.74) is 2.50. The third-order valence-electron chi connectivity index (χ3n) is 6.28. The van der Waals surface area contributed by atoms with Crippen molar-refractivity contribution >= 4 is 52.1 Å². The molecule has 0 bridgehead atoms. The summed E-state index contributed by atoms with van der Waals surface area (Å²) in [6, 6.07) is 19.0. The molecule has 1 fully saturated rings. The van der Waals surface area contributed by atoms with Crippen LogP contribution in [0.5, 0.6) is 11.5 Å². The number of nitrogens with one attached hydrogen (secondary N) is 1. The Morgan fingerprint density at radius 2 is 1.76 bits per heavy atom. The lowest BCUT2D eigenvalue weighted by Crippen LogP contribution is -2.54. The van der Waals surface area contributed by atoms with Crippen molar-refractivity contribution in [3.63, 3.8) is 0 Å². The summed E-state index contributed by atoms with van der Waals surface area (Å²) in [5, 5.41) is 3.52. The number of hydrogen-bond acceptors (Lipinski definition) is 5. The molecule has 1 aliphatic rings. The van der Waals surface area contributed by atoms with Gasteiger partial charge in [0.25, 0.3) is 11.8 Å². The lowest BCUT2D eigenvalue weighted by Gasteiger charge is -2.26. The van der Waals surface area contributed by atoms with E-state index in [1.165, 1.54) is 12.1 Å². The molecule has 4 aromatic rings. The number of urea groups is 1. The van der Waals surface area contributed by atoms with Gasteiger partial charge in [0, 0.05) is 33.8 Å². The number of hydrogen-bond donors (Lipinski definition) is 1. The van der Waals surface area contributed by atoms with Crippen molar-refractivity contribution in [1.82, 2.24) is 9.88 Å². The average molecular weight is 530 g/mol. The Labute approximate surface area is 224 Å². The molecule has 0 spiro atoms. The van der Waals surface area contributed by atoms with Gasteiger partial charge in [-0.25, -0.2) is 9.69 Å². The molecule has 0 aliphatic carbocycles. The van der Waals surface area contributed by atoms with Gasteiger partial charge in [0.1, 0.15) is 23.7 Å². The first-order valence-corrected chi connectivity index (χ1v) is 12.3. The summed E-state index contributed by atoms with van der Waals surface area (Å²) in [5.74, 6) is -0.0863. The minimum absolute atomic E-state index is 0.156.